The molecule has 0 spiro atoms. The summed E-state index contributed by atoms with van der Waals surface area (Å²) in [6.07, 6.45) is -4.07. The molecule has 2 aromatic carbocycles. The van der Waals surface area contributed by atoms with E-state index >= 15 is 0 Å². The van der Waals surface area contributed by atoms with Crippen molar-refractivity contribution in [3.63, 3.8) is 0 Å². The van der Waals surface area contributed by atoms with E-state index in [9.17, 15) is 18.0 Å². The Morgan fingerprint density at radius 2 is 2.06 bits per heavy atom. The van der Waals surface area contributed by atoms with Gasteiger partial charge in [-0.05, 0) is 48.9 Å². The average Bonchev–Trinajstić information content (AvgIpc) is 3.48. The molecule has 0 saturated heterocycles. The van der Waals surface area contributed by atoms with Gasteiger partial charge in [-0.15, -0.1) is 13.2 Å². The van der Waals surface area contributed by atoms with Crippen LogP contribution in [0.25, 0.3) is 33.7 Å². The van der Waals surface area contributed by atoms with Crippen molar-refractivity contribution in [3.05, 3.63) is 53.7 Å². The van der Waals surface area contributed by atoms with Crippen LogP contribution in [0.2, 0.25) is 0 Å². The number of carboxylic acid groups (broad SMARTS) is 1. The Morgan fingerprint density at radius 1 is 1.24 bits per heavy atom. The Kier molecular flexibility index (Phi) is 5.01. The summed E-state index contributed by atoms with van der Waals surface area (Å²) in [4.78, 5) is 15.4. The summed E-state index contributed by atoms with van der Waals surface area (Å²) >= 11 is 0. The van der Waals surface area contributed by atoms with Crippen LogP contribution in [0.1, 0.15) is 30.0 Å². The van der Waals surface area contributed by atoms with Crippen LogP contribution in [0.4, 0.5) is 13.2 Å². The zero-order valence-corrected chi connectivity index (χ0v) is 17.3. The first-order valence-electron chi connectivity index (χ1n) is 10.2. The Bertz CT molecular complexity index is 1470. The van der Waals surface area contributed by atoms with Crippen molar-refractivity contribution in [1.82, 2.24) is 14.7 Å². The minimum Gasteiger partial charge on any atom is -0.481 e. The number of hydrogen-bond acceptors (Lipinski definition) is 6. The number of aryl methyl sites for hydroxylation is 1. The highest BCUT2D eigenvalue weighted by Crippen LogP contribution is 2.37. The number of halogens is 3. The third kappa shape index (κ3) is 4.05. The van der Waals surface area contributed by atoms with Crippen molar-refractivity contribution < 1.29 is 32.3 Å². The van der Waals surface area contributed by atoms with Crippen molar-refractivity contribution in [2.75, 3.05) is 0 Å². The number of benzene rings is 2. The van der Waals surface area contributed by atoms with Gasteiger partial charge in [0.25, 0.3) is 5.89 Å². The number of alkyl halides is 3. The SMILES string of the molecule is N#Cc1cc(OC(F)(F)F)cc(-c2nc(-c3ccc4c(c3)cc3n4CC[C@H]3CC(=O)O)no2)c1. The van der Waals surface area contributed by atoms with Gasteiger partial charge in [0.2, 0.25) is 5.82 Å². The lowest BCUT2D eigenvalue weighted by Crippen LogP contribution is -2.17. The van der Waals surface area contributed by atoms with Crippen molar-refractivity contribution in [2.24, 2.45) is 0 Å². The summed E-state index contributed by atoms with van der Waals surface area (Å²) in [5.74, 6) is -1.31. The third-order valence-electron chi connectivity index (χ3n) is 5.67. The molecule has 0 aliphatic carbocycles. The molecule has 4 aromatic rings. The Labute approximate surface area is 189 Å². The normalized spacial score (nSPS) is 15.3. The summed E-state index contributed by atoms with van der Waals surface area (Å²) in [5.41, 5.74) is 2.60. The van der Waals surface area contributed by atoms with Crippen molar-refractivity contribution in [3.8, 4) is 34.7 Å². The van der Waals surface area contributed by atoms with Gasteiger partial charge in [-0.1, -0.05) is 5.16 Å². The van der Waals surface area contributed by atoms with Gasteiger partial charge in [0.15, 0.2) is 0 Å². The molecule has 0 unspecified atom stereocenters. The van der Waals surface area contributed by atoms with Crippen LogP contribution in [-0.4, -0.2) is 32.1 Å². The lowest BCUT2D eigenvalue weighted by molar-refractivity contribution is -0.274. The predicted molar refractivity (Wildman–Crippen MR) is 112 cm³/mol. The molecule has 34 heavy (non-hydrogen) atoms. The van der Waals surface area contributed by atoms with Gasteiger partial charge in [-0.2, -0.15) is 10.2 Å². The second-order valence-corrected chi connectivity index (χ2v) is 7.91. The van der Waals surface area contributed by atoms with Crippen molar-refractivity contribution in [1.29, 1.82) is 5.26 Å². The molecule has 8 nitrogen and oxygen atoms in total. The van der Waals surface area contributed by atoms with E-state index < -0.39 is 18.1 Å². The largest absolute Gasteiger partial charge is 0.573 e. The van der Waals surface area contributed by atoms with E-state index in [1.165, 1.54) is 6.07 Å². The minimum atomic E-state index is -4.91. The highest BCUT2D eigenvalue weighted by molar-refractivity contribution is 5.86. The average molecular weight is 468 g/mol. The number of nitriles is 1. The molecule has 1 aliphatic rings. The maximum atomic E-state index is 12.6. The fourth-order valence-corrected chi connectivity index (χ4v) is 4.31. The molecule has 0 amide bonds. The molecule has 0 radical (unpaired) electrons. The second kappa shape index (κ2) is 7.91. The Morgan fingerprint density at radius 3 is 2.79 bits per heavy atom. The van der Waals surface area contributed by atoms with Crippen LogP contribution in [-0.2, 0) is 11.3 Å². The number of hydrogen-bond donors (Lipinski definition) is 1. The number of aliphatic carboxylic acids is 1. The molecule has 1 aliphatic heterocycles. The molecular formula is C23H15F3N4O4. The number of fused-ring (bicyclic) bond motifs is 3. The first-order chi connectivity index (χ1) is 16.2. The smallest absolute Gasteiger partial charge is 0.481 e. The van der Waals surface area contributed by atoms with Gasteiger partial charge in [-0.25, -0.2) is 0 Å². The molecular weight excluding hydrogens is 453 g/mol. The fraction of sp³-hybridized carbons (Fsp3) is 0.217. The topological polar surface area (TPSA) is 114 Å². The van der Waals surface area contributed by atoms with E-state index in [1.54, 1.807) is 12.1 Å². The standard InChI is InChI=1S/C23H15F3N4O4/c24-23(25,26)33-17-6-12(11-27)5-16(8-17)22-28-21(29-34-22)14-1-2-18-15(7-14)9-19-13(10-20(31)32)3-4-30(18)19/h1-2,5-9,13H,3-4,10H2,(H,31,32)/t13-/m0/s1. The Balaban J connectivity index is 1.47. The molecule has 3 heterocycles. The lowest BCUT2D eigenvalue weighted by Gasteiger charge is -2.09. The lowest BCUT2D eigenvalue weighted by atomic mass is 10.0. The quantitative estimate of drug-likeness (QED) is 0.434. The minimum absolute atomic E-state index is 0.0503. The molecule has 1 N–H and O–H groups in total. The summed E-state index contributed by atoms with van der Waals surface area (Å²) in [6, 6.07) is 12.6. The van der Waals surface area contributed by atoms with Crippen molar-refractivity contribution >= 4 is 16.9 Å². The summed E-state index contributed by atoms with van der Waals surface area (Å²) in [7, 11) is 0. The van der Waals surface area contributed by atoms with Gasteiger partial charge < -0.3 is 18.9 Å². The van der Waals surface area contributed by atoms with Crippen LogP contribution in [0, 0.1) is 11.3 Å². The zero-order chi connectivity index (χ0) is 24.0. The number of carbonyl (C=O) groups is 1. The van der Waals surface area contributed by atoms with Crippen LogP contribution < -0.4 is 4.74 Å². The van der Waals surface area contributed by atoms with Gasteiger partial charge >= 0.3 is 12.3 Å². The summed E-state index contributed by atoms with van der Waals surface area (Å²) in [6.45, 7) is 0.736. The number of nitrogens with zero attached hydrogens (tertiary/aromatic N) is 4. The Hall–Kier alpha value is -4.33. The van der Waals surface area contributed by atoms with Gasteiger partial charge in [0, 0.05) is 40.2 Å². The summed E-state index contributed by atoms with van der Waals surface area (Å²) < 4.78 is 49.1. The number of ether oxygens (including phenoxy) is 1. The molecule has 0 saturated carbocycles. The maximum Gasteiger partial charge on any atom is 0.573 e. The van der Waals surface area contributed by atoms with Crippen molar-refractivity contribution in [2.45, 2.75) is 31.7 Å². The van der Waals surface area contributed by atoms with E-state index in [-0.39, 0.29) is 35.2 Å². The molecule has 0 bridgehead atoms. The zero-order valence-electron chi connectivity index (χ0n) is 17.3. The van der Waals surface area contributed by atoms with E-state index in [0.717, 1.165) is 41.7 Å². The van der Waals surface area contributed by atoms with Crippen LogP contribution in [0.5, 0.6) is 5.75 Å². The number of aromatic nitrogens is 3. The molecule has 172 valence electrons. The second-order valence-electron chi connectivity index (χ2n) is 7.91. The number of carboxylic acids is 1. The molecule has 1 atom stereocenters. The van der Waals surface area contributed by atoms with E-state index in [1.807, 2.05) is 18.2 Å². The van der Waals surface area contributed by atoms with Crippen LogP contribution >= 0.6 is 0 Å². The monoisotopic (exact) mass is 468 g/mol. The fourth-order valence-electron chi connectivity index (χ4n) is 4.31. The van der Waals surface area contributed by atoms with E-state index in [2.05, 4.69) is 19.4 Å². The maximum absolute atomic E-state index is 12.6. The molecule has 0 fully saturated rings. The first kappa shape index (κ1) is 21.5. The predicted octanol–water partition coefficient (Wildman–Crippen LogP) is 5.09. The van der Waals surface area contributed by atoms with E-state index in [4.69, 9.17) is 14.9 Å². The van der Waals surface area contributed by atoms with Crippen LogP contribution in [0.15, 0.2) is 47.0 Å². The molecule has 5 rings (SSSR count). The summed E-state index contributed by atoms with van der Waals surface area (Å²) in [5, 5.41) is 23.1. The van der Waals surface area contributed by atoms with Gasteiger partial charge in [0.1, 0.15) is 5.75 Å². The highest BCUT2D eigenvalue weighted by Gasteiger charge is 2.32. The van der Waals surface area contributed by atoms with Gasteiger partial charge in [-0.3, -0.25) is 4.79 Å². The third-order valence-corrected chi connectivity index (χ3v) is 5.67. The first-order valence-corrected chi connectivity index (χ1v) is 10.2. The molecule has 2 aromatic heterocycles. The number of rotatable bonds is 5. The molecule has 11 heteroatoms. The van der Waals surface area contributed by atoms with Gasteiger partial charge in [0.05, 0.1) is 18.1 Å². The highest BCUT2D eigenvalue weighted by atomic mass is 19.4. The van der Waals surface area contributed by atoms with E-state index in [0.29, 0.717) is 5.56 Å². The van der Waals surface area contributed by atoms with Crippen LogP contribution in [0.3, 0.4) is 0 Å².